The predicted octanol–water partition coefficient (Wildman–Crippen LogP) is 1.91. The molecule has 0 aliphatic rings. The molecule has 0 unspecified atom stereocenters. The SMILES string of the molecule is COC(=O)[C@H](Cc1cccc(F)c1)NC(=O)[C@@H](Cc1cccc(F)c1)NC(C)=O. The summed E-state index contributed by atoms with van der Waals surface area (Å²) in [5, 5.41) is 5.03. The number of carbonyl (C=O) groups is 3. The minimum atomic E-state index is -1.09. The van der Waals surface area contributed by atoms with Crippen LogP contribution in [0.25, 0.3) is 0 Å². The van der Waals surface area contributed by atoms with Gasteiger partial charge < -0.3 is 15.4 Å². The monoisotopic (exact) mass is 404 g/mol. The Morgan fingerprint density at radius 3 is 1.86 bits per heavy atom. The van der Waals surface area contributed by atoms with E-state index in [2.05, 4.69) is 10.6 Å². The molecule has 29 heavy (non-hydrogen) atoms. The first-order chi connectivity index (χ1) is 13.8. The van der Waals surface area contributed by atoms with Crippen molar-refractivity contribution in [3.63, 3.8) is 0 Å². The van der Waals surface area contributed by atoms with Gasteiger partial charge in [0.1, 0.15) is 23.7 Å². The third kappa shape index (κ3) is 6.99. The Labute approximate surface area is 167 Å². The largest absolute Gasteiger partial charge is 0.467 e. The molecule has 0 radical (unpaired) electrons. The van der Waals surface area contributed by atoms with Crippen LogP contribution in [0.3, 0.4) is 0 Å². The number of carbonyl (C=O) groups excluding carboxylic acids is 3. The van der Waals surface area contributed by atoms with Crippen LogP contribution in [0.5, 0.6) is 0 Å². The molecule has 0 spiro atoms. The van der Waals surface area contributed by atoms with Crippen molar-refractivity contribution in [2.24, 2.45) is 0 Å². The number of halogens is 2. The first kappa shape index (κ1) is 22.0. The first-order valence-electron chi connectivity index (χ1n) is 8.92. The van der Waals surface area contributed by atoms with E-state index < -0.39 is 41.5 Å². The highest BCUT2D eigenvalue weighted by atomic mass is 19.1. The number of amides is 2. The third-order valence-corrected chi connectivity index (χ3v) is 4.15. The van der Waals surface area contributed by atoms with E-state index in [9.17, 15) is 23.2 Å². The van der Waals surface area contributed by atoms with E-state index in [1.165, 1.54) is 50.4 Å². The highest BCUT2D eigenvalue weighted by Crippen LogP contribution is 2.10. The van der Waals surface area contributed by atoms with Gasteiger partial charge in [-0.1, -0.05) is 24.3 Å². The summed E-state index contributed by atoms with van der Waals surface area (Å²) in [5.74, 6) is -2.75. The van der Waals surface area contributed by atoms with Gasteiger partial charge in [0.15, 0.2) is 0 Å². The van der Waals surface area contributed by atoms with E-state index in [-0.39, 0.29) is 12.8 Å². The minimum Gasteiger partial charge on any atom is -0.467 e. The molecule has 0 aliphatic carbocycles. The van der Waals surface area contributed by atoms with Gasteiger partial charge in [0.25, 0.3) is 0 Å². The Kier molecular flexibility index (Phi) is 7.82. The van der Waals surface area contributed by atoms with Crippen LogP contribution < -0.4 is 10.6 Å². The van der Waals surface area contributed by atoms with Gasteiger partial charge in [0.05, 0.1) is 7.11 Å². The smallest absolute Gasteiger partial charge is 0.328 e. The summed E-state index contributed by atoms with van der Waals surface area (Å²) in [6.07, 6.45) is 0.0277. The van der Waals surface area contributed by atoms with E-state index in [0.717, 1.165) is 0 Å². The lowest BCUT2D eigenvalue weighted by atomic mass is 10.0. The second-order valence-corrected chi connectivity index (χ2v) is 6.51. The summed E-state index contributed by atoms with van der Waals surface area (Å²) in [7, 11) is 1.17. The van der Waals surface area contributed by atoms with Gasteiger partial charge in [-0.05, 0) is 35.4 Å². The fourth-order valence-electron chi connectivity index (χ4n) is 2.86. The number of benzene rings is 2. The molecule has 2 rings (SSSR count). The number of nitrogens with one attached hydrogen (secondary N) is 2. The maximum atomic E-state index is 13.4. The average molecular weight is 404 g/mol. The van der Waals surface area contributed by atoms with E-state index in [1.807, 2.05) is 0 Å². The first-order valence-corrected chi connectivity index (χ1v) is 8.92. The molecule has 2 aromatic rings. The van der Waals surface area contributed by atoms with E-state index >= 15 is 0 Å². The minimum absolute atomic E-state index is 0.00291. The molecular formula is C21H22F2N2O4. The molecule has 8 heteroatoms. The Bertz CT molecular complexity index is 888. The second-order valence-electron chi connectivity index (χ2n) is 6.51. The van der Waals surface area contributed by atoms with E-state index in [1.54, 1.807) is 12.1 Å². The summed E-state index contributed by atoms with van der Waals surface area (Å²) in [6.45, 7) is 1.25. The Morgan fingerprint density at radius 2 is 1.41 bits per heavy atom. The average Bonchev–Trinajstić information content (AvgIpc) is 2.66. The van der Waals surface area contributed by atoms with Crippen LogP contribution in [-0.4, -0.2) is 37.0 Å². The zero-order chi connectivity index (χ0) is 21.4. The van der Waals surface area contributed by atoms with E-state index in [4.69, 9.17) is 4.74 Å². The summed E-state index contributed by atoms with van der Waals surface area (Å²) in [6, 6.07) is 9.14. The van der Waals surface area contributed by atoms with Gasteiger partial charge in [-0.2, -0.15) is 0 Å². The summed E-state index contributed by atoms with van der Waals surface area (Å²) >= 11 is 0. The summed E-state index contributed by atoms with van der Waals surface area (Å²) < 4.78 is 31.6. The highest BCUT2D eigenvalue weighted by Gasteiger charge is 2.27. The fourth-order valence-corrected chi connectivity index (χ4v) is 2.86. The predicted molar refractivity (Wildman–Crippen MR) is 102 cm³/mol. The van der Waals surface area contributed by atoms with Crippen molar-refractivity contribution in [3.8, 4) is 0 Å². The Morgan fingerprint density at radius 1 is 0.897 bits per heavy atom. The molecule has 2 amide bonds. The van der Waals surface area contributed by atoms with Crippen LogP contribution in [0.1, 0.15) is 18.1 Å². The molecule has 0 aromatic heterocycles. The van der Waals surface area contributed by atoms with Gasteiger partial charge in [0, 0.05) is 19.8 Å². The summed E-state index contributed by atoms with van der Waals surface area (Å²) in [4.78, 5) is 36.4. The van der Waals surface area contributed by atoms with E-state index in [0.29, 0.717) is 11.1 Å². The molecule has 0 saturated heterocycles. The topological polar surface area (TPSA) is 84.5 Å². The molecule has 2 atom stereocenters. The second kappa shape index (κ2) is 10.3. The number of esters is 1. The number of methoxy groups -OCH3 is 1. The maximum absolute atomic E-state index is 13.4. The highest BCUT2D eigenvalue weighted by molar-refractivity contribution is 5.90. The molecule has 2 N–H and O–H groups in total. The van der Waals surface area contributed by atoms with Gasteiger partial charge in [0.2, 0.25) is 11.8 Å². The molecular weight excluding hydrogens is 382 g/mol. The molecule has 0 bridgehead atoms. The normalized spacial score (nSPS) is 12.6. The van der Waals surface area contributed by atoms with Crippen molar-refractivity contribution in [2.45, 2.75) is 31.8 Å². The quantitative estimate of drug-likeness (QED) is 0.659. The zero-order valence-corrected chi connectivity index (χ0v) is 16.1. The molecule has 0 fully saturated rings. The van der Waals surface area contributed by atoms with Gasteiger partial charge in [-0.25, -0.2) is 13.6 Å². The van der Waals surface area contributed by atoms with Crippen molar-refractivity contribution in [1.82, 2.24) is 10.6 Å². The van der Waals surface area contributed by atoms with Crippen LogP contribution in [0.2, 0.25) is 0 Å². The maximum Gasteiger partial charge on any atom is 0.328 e. The molecule has 0 heterocycles. The number of hydrogen-bond donors (Lipinski definition) is 2. The fraction of sp³-hybridized carbons (Fsp3) is 0.286. The Hall–Kier alpha value is -3.29. The van der Waals surface area contributed by atoms with Crippen molar-refractivity contribution >= 4 is 17.8 Å². The van der Waals surface area contributed by atoms with Crippen molar-refractivity contribution < 1.29 is 27.9 Å². The van der Waals surface area contributed by atoms with Crippen molar-refractivity contribution in [3.05, 3.63) is 71.3 Å². The molecule has 154 valence electrons. The van der Waals surface area contributed by atoms with Crippen LogP contribution >= 0.6 is 0 Å². The van der Waals surface area contributed by atoms with Gasteiger partial charge in [-0.3, -0.25) is 9.59 Å². The standard InChI is InChI=1S/C21H22F2N2O4/c1-13(26)24-18(11-14-5-3-7-16(22)9-14)20(27)25-19(21(28)29-2)12-15-6-4-8-17(23)10-15/h3-10,18-19H,11-12H2,1-2H3,(H,24,26)(H,25,27)/t18-,19+/m1/s1. The van der Waals surface area contributed by atoms with Crippen LogP contribution in [0.15, 0.2) is 48.5 Å². The van der Waals surface area contributed by atoms with Gasteiger partial charge >= 0.3 is 5.97 Å². The lowest BCUT2D eigenvalue weighted by Gasteiger charge is -2.22. The lowest BCUT2D eigenvalue weighted by Crippen LogP contribution is -2.53. The van der Waals surface area contributed by atoms with Crippen LogP contribution in [0, 0.1) is 11.6 Å². The van der Waals surface area contributed by atoms with Crippen molar-refractivity contribution in [1.29, 1.82) is 0 Å². The lowest BCUT2D eigenvalue weighted by molar-refractivity contribution is -0.145. The Balaban J connectivity index is 2.17. The van der Waals surface area contributed by atoms with Gasteiger partial charge in [-0.15, -0.1) is 0 Å². The summed E-state index contributed by atoms with van der Waals surface area (Å²) in [5.41, 5.74) is 0.987. The molecule has 2 aromatic carbocycles. The molecule has 6 nitrogen and oxygen atoms in total. The molecule has 0 saturated carbocycles. The number of rotatable bonds is 8. The number of ether oxygens (including phenoxy) is 1. The van der Waals surface area contributed by atoms with Crippen LogP contribution in [0.4, 0.5) is 8.78 Å². The zero-order valence-electron chi connectivity index (χ0n) is 16.1. The molecule has 0 aliphatic heterocycles. The van der Waals surface area contributed by atoms with Crippen molar-refractivity contribution in [2.75, 3.05) is 7.11 Å². The number of hydrogen-bond acceptors (Lipinski definition) is 4. The third-order valence-electron chi connectivity index (χ3n) is 4.15. The van der Waals surface area contributed by atoms with Crippen LogP contribution in [-0.2, 0) is 32.0 Å².